The minimum atomic E-state index is -1.34. The minimum Gasteiger partial charge on any atom is -0.484 e. The molecule has 170 valence electrons. The number of ketones is 1. The predicted molar refractivity (Wildman–Crippen MR) is 105 cm³/mol. The molecule has 0 heterocycles. The van der Waals surface area contributed by atoms with Crippen molar-refractivity contribution in [2.24, 2.45) is 5.41 Å². The Balaban J connectivity index is 1.19. The first-order valence-corrected chi connectivity index (χ1v) is 10.1. The highest BCUT2D eigenvalue weighted by atomic mass is 35.5. The van der Waals surface area contributed by atoms with E-state index in [0.717, 1.165) is 6.07 Å². The first-order chi connectivity index (χ1) is 15.1. The summed E-state index contributed by atoms with van der Waals surface area (Å²) >= 11 is 5.59. The summed E-state index contributed by atoms with van der Waals surface area (Å²) < 4.78 is 63.3. The smallest absolute Gasteiger partial charge is 0.258 e. The lowest BCUT2D eigenvalue weighted by Crippen LogP contribution is -2.75. The van der Waals surface area contributed by atoms with Crippen LogP contribution in [0, 0.1) is 28.7 Å². The number of amides is 1. The van der Waals surface area contributed by atoms with Crippen LogP contribution in [0.2, 0.25) is 5.02 Å². The molecule has 2 aromatic carbocycles. The second-order valence-electron chi connectivity index (χ2n) is 8.42. The topological polar surface area (TPSA) is 64.6 Å². The van der Waals surface area contributed by atoms with E-state index < -0.39 is 35.6 Å². The normalized spacial score (nSPS) is 23.0. The predicted octanol–water partition coefficient (Wildman–Crippen LogP) is 4.35. The number of benzene rings is 2. The van der Waals surface area contributed by atoms with Crippen LogP contribution in [0.4, 0.5) is 17.6 Å². The molecule has 3 aliphatic rings. The van der Waals surface area contributed by atoms with Crippen molar-refractivity contribution >= 4 is 23.3 Å². The van der Waals surface area contributed by atoms with Crippen LogP contribution >= 0.6 is 11.6 Å². The van der Waals surface area contributed by atoms with E-state index in [2.05, 4.69) is 5.32 Å². The summed E-state index contributed by atoms with van der Waals surface area (Å²) in [5, 5.41) is 2.83. The number of nitrogens with one attached hydrogen (secondary N) is 1. The molecule has 0 radical (unpaired) electrons. The van der Waals surface area contributed by atoms with Gasteiger partial charge in [-0.1, -0.05) is 11.6 Å². The van der Waals surface area contributed by atoms with E-state index in [4.69, 9.17) is 21.1 Å². The average Bonchev–Trinajstić information content (AvgIpc) is 2.68. The molecule has 3 fully saturated rings. The molecule has 3 aliphatic carbocycles. The highest BCUT2D eigenvalue weighted by Gasteiger charge is 2.68. The van der Waals surface area contributed by atoms with Gasteiger partial charge in [-0.05, 0) is 36.8 Å². The van der Waals surface area contributed by atoms with Gasteiger partial charge in [0.15, 0.2) is 35.6 Å². The molecule has 32 heavy (non-hydrogen) atoms. The van der Waals surface area contributed by atoms with Gasteiger partial charge in [0.05, 0.1) is 5.02 Å². The Labute approximate surface area is 185 Å². The summed E-state index contributed by atoms with van der Waals surface area (Å²) in [6, 6.07) is 4.79. The number of hydrogen-bond donors (Lipinski definition) is 1. The molecule has 2 aromatic rings. The summed E-state index contributed by atoms with van der Waals surface area (Å²) in [4.78, 5) is 24.3. The van der Waals surface area contributed by atoms with Crippen molar-refractivity contribution in [1.29, 1.82) is 0 Å². The SMILES string of the molecule is O=C(COc1cc(F)c(F)cc1F)CC12CC(NC(=O)COc3ccc(Cl)c(F)c3)(C1)C2. The van der Waals surface area contributed by atoms with Crippen LogP contribution in [0.5, 0.6) is 11.5 Å². The van der Waals surface area contributed by atoms with Gasteiger partial charge in [0.1, 0.15) is 18.2 Å². The third-order valence-corrected chi connectivity index (χ3v) is 6.05. The van der Waals surface area contributed by atoms with Crippen LogP contribution in [0.15, 0.2) is 30.3 Å². The third kappa shape index (κ3) is 4.53. The number of rotatable bonds is 9. The fourth-order valence-electron chi connectivity index (χ4n) is 4.61. The maximum absolute atomic E-state index is 13.6. The van der Waals surface area contributed by atoms with Crippen molar-refractivity contribution in [2.45, 2.75) is 31.2 Å². The second kappa shape index (κ2) is 8.27. The minimum absolute atomic E-state index is 0.0455. The van der Waals surface area contributed by atoms with Gasteiger partial charge in [0.2, 0.25) is 0 Å². The molecule has 0 unspecified atom stereocenters. The summed E-state index contributed by atoms with van der Waals surface area (Å²) in [6.45, 7) is -0.753. The van der Waals surface area contributed by atoms with Crippen LogP contribution in [-0.4, -0.2) is 30.4 Å². The van der Waals surface area contributed by atoms with Crippen LogP contribution in [0.1, 0.15) is 25.7 Å². The van der Waals surface area contributed by atoms with E-state index in [1.807, 2.05) is 0 Å². The molecule has 0 saturated heterocycles. The number of ether oxygens (including phenoxy) is 2. The molecule has 0 spiro atoms. The van der Waals surface area contributed by atoms with Crippen molar-refractivity contribution in [1.82, 2.24) is 5.32 Å². The zero-order chi connectivity index (χ0) is 23.1. The number of Topliss-reactive ketones (excluding diaryl/α,β-unsaturated/α-hetero) is 1. The summed E-state index contributed by atoms with van der Waals surface area (Å²) in [7, 11) is 0. The van der Waals surface area contributed by atoms with E-state index in [0.29, 0.717) is 31.4 Å². The Kier molecular flexibility index (Phi) is 5.79. The number of halogens is 5. The molecular weight excluding hydrogens is 454 g/mol. The van der Waals surface area contributed by atoms with Crippen molar-refractivity contribution in [3.8, 4) is 11.5 Å². The highest BCUT2D eigenvalue weighted by Crippen LogP contribution is 2.69. The van der Waals surface area contributed by atoms with E-state index in [1.165, 1.54) is 12.1 Å². The zero-order valence-electron chi connectivity index (χ0n) is 16.7. The number of hydrogen-bond acceptors (Lipinski definition) is 4. The molecule has 0 aliphatic heterocycles. The summed E-state index contributed by atoms with van der Waals surface area (Å²) in [5.41, 5.74) is -0.639. The van der Waals surface area contributed by atoms with Crippen LogP contribution < -0.4 is 14.8 Å². The Bertz CT molecular complexity index is 1070. The molecule has 5 nitrogen and oxygen atoms in total. The Morgan fingerprint density at radius 3 is 2.28 bits per heavy atom. The maximum Gasteiger partial charge on any atom is 0.258 e. The molecular formula is C22H18ClF4NO4. The van der Waals surface area contributed by atoms with Crippen LogP contribution in [0.25, 0.3) is 0 Å². The standard InChI is InChI=1S/C22H18ClF4NO4/c23-14-2-1-13(3-15(14)24)31-8-20(30)28-22-9-21(10-22,11-22)6-12(29)7-32-19-5-17(26)16(25)4-18(19)27/h1-5H,6-11H2,(H,28,30). The third-order valence-electron chi connectivity index (χ3n) is 5.74. The van der Waals surface area contributed by atoms with Gasteiger partial charge in [0.25, 0.3) is 5.91 Å². The zero-order valence-corrected chi connectivity index (χ0v) is 17.4. The molecule has 5 rings (SSSR count). The van der Waals surface area contributed by atoms with Gasteiger partial charge in [-0.25, -0.2) is 17.6 Å². The van der Waals surface area contributed by atoms with Gasteiger partial charge in [-0.3, -0.25) is 9.59 Å². The van der Waals surface area contributed by atoms with Crippen LogP contribution in [0.3, 0.4) is 0 Å². The molecule has 10 heteroatoms. The quantitative estimate of drug-likeness (QED) is 0.436. The average molecular weight is 472 g/mol. The summed E-state index contributed by atoms with van der Waals surface area (Å²) in [5.74, 6) is -5.36. The Hall–Kier alpha value is -2.81. The lowest BCUT2D eigenvalue weighted by atomic mass is 9.38. The van der Waals surface area contributed by atoms with Crippen molar-refractivity contribution in [2.75, 3.05) is 13.2 Å². The highest BCUT2D eigenvalue weighted by molar-refractivity contribution is 6.30. The molecule has 3 saturated carbocycles. The fourth-order valence-corrected chi connectivity index (χ4v) is 4.73. The maximum atomic E-state index is 13.6. The molecule has 1 N–H and O–H groups in total. The van der Waals surface area contributed by atoms with Gasteiger partial charge in [0, 0.05) is 30.2 Å². The lowest BCUT2D eigenvalue weighted by Gasteiger charge is -2.70. The van der Waals surface area contributed by atoms with E-state index in [1.54, 1.807) is 0 Å². The lowest BCUT2D eigenvalue weighted by molar-refractivity contribution is -0.173. The van der Waals surface area contributed by atoms with Gasteiger partial charge in [-0.2, -0.15) is 0 Å². The van der Waals surface area contributed by atoms with Crippen molar-refractivity contribution in [3.63, 3.8) is 0 Å². The summed E-state index contributed by atoms with van der Waals surface area (Å²) in [6.07, 6.45) is 1.99. The van der Waals surface area contributed by atoms with Crippen LogP contribution in [-0.2, 0) is 9.59 Å². The Morgan fingerprint density at radius 2 is 1.59 bits per heavy atom. The first kappa shape index (κ1) is 22.4. The van der Waals surface area contributed by atoms with Crippen molar-refractivity contribution in [3.05, 3.63) is 58.6 Å². The van der Waals surface area contributed by atoms with E-state index >= 15 is 0 Å². The van der Waals surface area contributed by atoms with Crippen molar-refractivity contribution < 1.29 is 36.6 Å². The monoisotopic (exact) mass is 471 g/mol. The van der Waals surface area contributed by atoms with Gasteiger partial charge >= 0.3 is 0 Å². The Morgan fingerprint density at radius 1 is 0.906 bits per heavy atom. The second-order valence-corrected chi connectivity index (χ2v) is 8.83. The fraction of sp³-hybridized carbons (Fsp3) is 0.364. The number of carbonyl (C=O) groups excluding carboxylic acids is 2. The largest absolute Gasteiger partial charge is 0.484 e. The molecule has 1 amide bonds. The van der Waals surface area contributed by atoms with Gasteiger partial charge in [-0.15, -0.1) is 0 Å². The van der Waals surface area contributed by atoms with Gasteiger partial charge < -0.3 is 14.8 Å². The number of carbonyl (C=O) groups is 2. The van der Waals surface area contributed by atoms with E-state index in [-0.39, 0.29) is 46.4 Å². The molecule has 2 bridgehead atoms. The molecule has 0 atom stereocenters. The first-order valence-electron chi connectivity index (χ1n) is 9.77. The molecule has 0 aromatic heterocycles. The van der Waals surface area contributed by atoms with E-state index in [9.17, 15) is 27.2 Å².